The highest BCUT2D eigenvalue weighted by Gasteiger charge is 2.33. The Kier molecular flexibility index (Phi) is 2.97. The number of carbonyl (C=O) groups excluding carboxylic acids is 1. The number of hydrogen-bond donors (Lipinski definition) is 2. The minimum atomic E-state index is -0.197. The van der Waals surface area contributed by atoms with Crippen molar-refractivity contribution in [3.8, 4) is 0 Å². The van der Waals surface area contributed by atoms with Gasteiger partial charge in [0.25, 0.3) is 0 Å². The zero-order chi connectivity index (χ0) is 11.7. The third kappa shape index (κ3) is 1.83. The minimum Gasteiger partial charge on any atom is -0.369 e. The summed E-state index contributed by atoms with van der Waals surface area (Å²) in [6, 6.07) is 6.24. The third-order valence-electron chi connectivity index (χ3n) is 3.49. The van der Waals surface area contributed by atoms with E-state index in [-0.39, 0.29) is 17.7 Å². The Bertz CT molecular complexity index is 394. The molecule has 16 heavy (non-hydrogen) atoms. The molecule has 0 aliphatic carbocycles. The largest absolute Gasteiger partial charge is 0.369 e. The van der Waals surface area contributed by atoms with E-state index >= 15 is 0 Å². The molecule has 1 aliphatic rings. The monoisotopic (exact) mass is 218 g/mol. The Hall–Kier alpha value is -1.35. The summed E-state index contributed by atoms with van der Waals surface area (Å²) in [6.07, 6.45) is 0. The summed E-state index contributed by atoms with van der Waals surface area (Å²) >= 11 is 0. The van der Waals surface area contributed by atoms with Crippen LogP contribution in [0, 0.1) is 19.8 Å². The SMILES string of the molecule is Cc1cccc(C)c1C1CNCC1C(N)=O. The van der Waals surface area contributed by atoms with Crippen LogP contribution in [0.3, 0.4) is 0 Å². The van der Waals surface area contributed by atoms with Crippen LogP contribution in [-0.4, -0.2) is 19.0 Å². The molecule has 0 radical (unpaired) electrons. The molecule has 0 saturated carbocycles. The molecule has 3 nitrogen and oxygen atoms in total. The van der Waals surface area contributed by atoms with Gasteiger partial charge in [-0.25, -0.2) is 0 Å². The average Bonchev–Trinajstić information content (AvgIpc) is 2.66. The summed E-state index contributed by atoms with van der Waals surface area (Å²) in [7, 11) is 0. The molecular weight excluding hydrogens is 200 g/mol. The first kappa shape index (κ1) is 11.1. The fraction of sp³-hybridized carbons (Fsp3) is 0.462. The molecule has 0 spiro atoms. The molecule has 1 aromatic rings. The fourth-order valence-electron chi connectivity index (χ4n) is 2.69. The summed E-state index contributed by atoms with van der Waals surface area (Å²) in [4.78, 5) is 11.4. The van der Waals surface area contributed by atoms with Crippen molar-refractivity contribution in [1.82, 2.24) is 5.32 Å². The van der Waals surface area contributed by atoms with E-state index < -0.39 is 0 Å². The first-order valence-corrected chi connectivity index (χ1v) is 5.67. The molecule has 1 amide bonds. The van der Waals surface area contributed by atoms with Crippen molar-refractivity contribution in [2.24, 2.45) is 11.7 Å². The molecule has 2 unspecified atom stereocenters. The molecule has 1 saturated heterocycles. The van der Waals surface area contributed by atoms with Crippen LogP contribution >= 0.6 is 0 Å². The van der Waals surface area contributed by atoms with Gasteiger partial charge >= 0.3 is 0 Å². The molecule has 1 aliphatic heterocycles. The molecule has 0 bridgehead atoms. The topological polar surface area (TPSA) is 55.1 Å². The van der Waals surface area contributed by atoms with Crippen molar-refractivity contribution in [3.63, 3.8) is 0 Å². The number of hydrogen-bond acceptors (Lipinski definition) is 2. The Morgan fingerprint density at radius 1 is 1.31 bits per heavy atom. The van der Waals surface area contributed by atoms with Crippen molar-refractivity contribution in [1.29, 1.82) is 0 Å². The van der Waals surface area contributed by atoms with Gasteiger partial charge in [0.1, 0.15) is 0 Å². The Balaban J connectivity index is 2.40. The van der Waals surface area contributed by atoms with Crippen LogP contribution in [0.25, 0.3) is 0 Å². The molecule has 2 atom stereocenters. The van der Waals surface area contributed by atoms with Crippen molar-refractivity contribution < 1.29 is 4.79 Å². The molecule has 3 heteroatoms. The fourth-order valence-corrected chi connectivity index (χ4v) is 2.69. The maximum atomic E-state index is 11.4. The predicted octanol–water partition coefficient (Wildman–Crippen LogP) is 1.09. The smallest absolute Gasteiger partial charge is 0.222 e. The van der Waals surface area contributed by atoms with Crippen LogP contribution in [-0.2, 0) is 4.79 Å². The van der Waals surface area contributed by atoms with Gasteiger partial charge in [0, 0.05) is 19.0 Å². The zero-order valence-electron chi connectivity index (χ0n) is 9.79. The molecule has 86 valence electrons. The first-order chi connectivity index (χ1) is 7.61. The van der Waals surface area contributed by atoms with Crippen molar-refractivity contribution >= 4 is 5.91 Å². The third-order valence-corrected chi connectivity index (χ3v) is 3.49. The van der Waals surface area contributed by atoms with Gasteiger partial charge in [0.05, 0.1) is 5.92 Å². The van der Waals surface area contributed by atoms with Crippen molar-refractivity contribution in [2.45, 2.75) is 19.8 Å². The lowest BCUT2D eigenvalue weighted by molar-refractivity contribution is -0.121. The van der Waals surface area contributed by atoms with E-state index in [1.54, 1.807) is 0 Å². The zero-order valence-corrected chi connectivity index (χ0v) is 9.79. The van der Waals surface area contributed by atoms with Crippen LogP contribution in [0.15, 0.2) is 18.2 Å². The van der Waals surface area contributed by atoms with Gasteiger partial charge in [-0.2, -0.15) is 0 Å². The molecule has 1 heterocycles. The lowest BCUT2D eigenvalue weighted by Gasteiger charge is -2.20. The van der Waals surface area contributed by atoms with Gasteiger partial charge in [0.15, 0.2) is 0 Å². The minimum absolute atomic E-state index is 0.0696. The standard InChI is InChI=1S/C13H18N2O/c1-8-4-3-5-9(2)12(8)10-6-15-7-11(10)13(14)16/h3-5,10-11,15H,6-7H2,1-2H3,(H2,14,16). The number of carbonyl (C=O) groups is 1. The number of aryl methyl sites for hydroxylation is 2. The van der Waals surface area contributed by atoms with E-state index in [0.717, 1.165) is 6.54 Å². The average molecular weight is 218 g/mol. The number of amides is 1. The quantitative estimate of drug-likeness (QED) is 0.780. The number of rotatable bonds is 2. The van der Waals surface area contributed by atoms with E-state index in [2.05, 4.69) is 37.4 Å². The lowest BCUT2D eigenvalue weighted by Crippen LogP contribution is -2.29. The maximum Gasteiger partial charge on any atom is 0.222 e. The van der Waals surface area contributed by atoms with Gasteiger partial charge in [-0.15, -0.1) is 0 Å². The number of primary amides is 1. The lowest BCUT2D eigenvalue weighted by atomic mass is 9.83. The molecule has 2 rings (SSSR count). The first-order valence-electron chi connectivity index (χ1n) is 5.67. The van der Waals surface area contributed by atoms with Gasteiger partial charge in [-0.3, -0.25) is 4.79 Å². The maximum absolute atomic E-state index is 11.4. The van der Waals surface area contributed by atoms with Crippen LogP contribution in [0.2, 0.25) is 0 Å². The second kappa shape index (κ2) is 4.26. The summed E-state index contributed by atoms with van der Waals surface area (Å²) in [5.41, 5.74) is 9.23. The van der Waals surface area contributed by atoms with E-state index in [4.69, 9.17) is 5.73 Å². The Morgan fingerprint density at radius 3 is 2.50 bits per heavy atom. The van der Waals surface area contributed by atoms with Crippen LogP contribution < -0.4 is 11.1 Å². The normalized spacial score (nSPS) is 24.6. The highest BCUT2D eigenvalue weighted by atomic mass is 16.1. The molecule has 1 aromatic carbocycles. The Labute approximate surface area is 96.0 Å². The van der Waals surface area contributed by atoms with Gasteiger partial charge in [-0.05, 0) is 30.5 Å². The van der Waals surface area contributed by atoms with Crippen molar-refractivity contribution in [3.05, 3.63) is 34.9 Å². The highest BCUT2D eigenvalue weighted by molar-refractivity contribution is 5.78. The predicted molar refractivity (Wildman–Crippen MR) is 64.2 cm³/mol. The van der Waals surface area contributed by atoms with Crippen LogP contribution in [0.4, 0.5) is 0 Å². The summed E-state index contributed by atoms with van der Waals surface area (Å²) in [6.45, 7) is 5.74. The highest BCUT2D eigenvalue weighted by Crippen LogP contribution is 2.32. The second-order valence-corrected chi connectivity index (χ2v) is 4.58. The number of nitrogens with one attached hydrogen (secondary N) is 1. The number of nitrogens with two attached hydrogens (primary N) is 1. The van der Waals surface area contributed by atoms with E-state index in [1.165, 1.54) is 16.7 Å². The van der Waals surface area contributed by atoms with Crippen LogP contribution in [0.5, 0.6) is 0 Å². The van der Waals surface area contributed by atoms with Crippen LogP contribution in [0.1, 0.15) is 22.6 Å². The van der Waals surface area contributed by atoms with Gasteiger partial charge in [-0.1, -0.05) is 18.2 Å². The van der Waals surface area contributed by atoms with E-state index in [1.807, 2.05) is 0 Å². The van der Waals surface area contributed by atoms with E-state index in [0.29, 0.717) is 6.54 Å². The Morgan fingerprint density at radius 2 is 1.94 bits per heavy atom. The summed E-state index contributed by atoms with van der Waals surface area (Å²) < 4.78 is 0. The summed E-state index contributed by atoms with van der Waals surface area (Å²) in [5.74, 6) is -0.0313. The molecule has 1 fully saturated rings. The van der Waals surface area contributed by atoms with Gasteiger partial charge < -0.3 is 11.1 Å². The van der Waals surface area contributed by atoms with Gasteiger partial charge in [0.2, 0.25) is 5.91 Å². The van der Waals surface area contributed by atoms with Crippen molar-refractivity contribution in [2.75, 3.05) is 13.1 Å². The molecule has 3 N–H and O–H groups in total. The second-order valence-electron chi connectivity index (χ2n) is 4.58. The molecule has 0 aromatic heterocycles. The van der Waals surface area contributed by atoms with E-state index in [9.17, 15) is 4.79 Å². The summed E-state index contributed by atoms with van der Waals surface area (Å²) in [5, 5.41) is 3.26. The number of benzene rings is 1. The molecular formula is C13H18N2O.